The Labute approximate surface area is 110 Å². The molecule has 3 N–H and O–H groups in total. The molecule has 19 heavy (non-hydrogen) atoms. The highest BCUT2D eigenvalue weighted by atomic mass is 16.3. The number of nitrogens with zero attached hydrogens (tertiary/aromatic N) is 3. The molecule has 2 aromatic heterocycles. The molecule has 0 aliphatic carbocycles. The maximum absolute atomic E-state index is 11.5. The van der Waals surface area contributed by atoms with Gasteiger partial charge in [0.25, 0.3) is 0 Å². The SMILES string of the molecule is CCC(CC)(CO)Nc1cc2n[nH]c(=O)n2c(C)n1. The van der Waals surface area contributed by atoms with Gasteiger partial charge in [-0.25, -0.2) is 19.3 Å². The van der Waals surface area contributed by atoms with Crippen LogP contribution in [0, 0.1) is 6.92 Å². The average molecular weight is 265 g/mol. The molecule has 0 saturated heterocycles. The molecule has 0 spiro atoms. The Morgan fingerprint density at radius 3 is 2.74 bits per heavy atom. The highest BCUT2D eigenvalue weighted by Crippen LogP contribution is 2.21. The zero-order valence-corrected chi connectivity index (χ0v) is 11.4. The quantitative estimate of drug-likeness (QED) is 0.739. The molecule has 0 saturated carbocycles. The number of aryl methyl sites for hydroxylation is 1. The van der Waals surface area contributed by atoms with Crippen LogP contribution in [0.4, 0.5) is 5.82 Å². The van der Waals surface area contributed by atoms with Crippen molar-refractivity contribution >= 4 is 11.5 Å². The molecule has 7 nitrogen and oxygen atoms in total. The molecule has 0 amide bonds. The summed E-state index contributed by atoms with van der Waals surface area (Å²) in [4.78, 5) is 15.9. The topological polar surface area (TPSA) is 95.3 Å². The molecule has 7 heteroatoms. The van der Waals surface area contributed by atoms with E-state index in [1.807, 2.05) is 13.8 Å². The Morgan fingerprint density at radius 2 is 2.16 bits per heavy atom. The van der Waals surface area contributed by atoms with Gasteiger partial charge >= 0.3 is 5.69 Å². The average Bonchev–Trinajstić information content (AvgIpc) is 2.78. The predicted octanol–water partition coefficient (Wildman–Crippen LogP) is 0.689. The van der Waals surface area contributed by atoms with E-state index in [9.17, 15) is 9.90 Å². The van der Waals surface area contributed by atoms with E-state index in [1.54, 1.807) is 13.0 Å². The number of anilines is 1. The zero-order valence-electron chi connectivity index (χ0n) is 11.4. The van der Waals surface area contributed by atoms with E-state index >= 15 is 0 Å². The summed E-state index contributed by atoms with van der Waals surface area (Å²) in [6, 6.07) is 1.70. The van der Waals surface area contributed by atoms with Crippen molar-refractivity contribution in [1.29, 1.82) is 0 Å². The molecule has 2 rings (SSSR count). The van der Waals surface area contributed by atoms with E-state index in [0.29, 0.717) is 17.3 Å². The second-order valence-electron chi connectivity index (χ2n) is 4.68. The molecule has 104 valence electrons. The molecule has 0 fully saturated rings. The van der Waals surface area contributed by atoms with Crippen LogP contribution >= 0.6 is 0 Å². The molecule has 0 radical (unpaired) electrons. The largest absolute Gasteiger partial charge is 0.394 e. The monoisotopic (exact) mass is 265 g/mol. The Balaban J connectivity index is 2.44. The second-order valence-corrected chi connectivity index (χ2v) is 4.68. The van der Waals surface area contributed by atoms with Crippen LogP contribution in [0.25, 0.3) is 5.65 Å². The van der Waals surface area contributed by atoms with Gasteiger partial charge in [-0.1, -0.05) is 13.8 Å². The molecule has 0 bridgehead atoms. The number of H-pyrrole nitrogens is 1. The van der Waals surface area contributed by atoms with E-state index in [1.165, 1.54) is 4.40 Å². The third kappa shape index (κ3) is 2.33. The van der Waals surface area contributed by atoms with Crippen molar-refractivity contribution in [1.82, 2.24) is 19.6 Å². The summed E-state index contributed by atoms with van der Waals surface area (Å²) in [6.45, 7) is 5.79. The van der Waals surface area contributed by atoms with E-state index in [0.717, 1.165) is 12.8 Å². The number of hydrogen-bond donors (Lipinski definition) is 3. The Morgan fingerprint density at radius 1 is 1.47 bits per heavy atom. The number of fused-ring (bicyclic) bond motifs is 1. The standard InChI is InChI=1S/C12H19N5O2/c1-4-12(5-2,7-18)14-9-6-10-15-16-11(19)17(10)8(3)13-9/h6,14,18H,4-5,7H2,1-3H3,(H,16,19). The highest BCUT2D eigenvalue weighted by Gasteiger charge is 2.25. The van der Waals surface area contributed by atoms with Crippen molar-refractivity contribution in [2.45, 2.75) is 39.2 Å². The summed E-state index contributed by atoms with van der Waals surface area (Å²) < 4.78 is 1.41. The summed E-state index contributed by atoms with van der Waals surface area (Å²) in [7, 11) is 0. The molecule has 0 atom stereocenters. The van der Waals surface area contributed by atoms with Crippen LogP contribution in [0.15, 0.2) is 10.9 Å². The first kappa shape index (κ1) is 13.5. The molecule has 2 aromatic rings. The third-order valence-electron chi connectivity index (χ3n) is 3.62. The zero-order chi connectivity index (χ0) is 14.0. The van der Waals surface area contributed by atoms with Crippen LogP contribution < -0.4 is 11.0 Å². The van der Waals surface area contributed by atoms with Gasteiger partial charge in [0.15, 0.2) is 5.65 Å². The molecular weight excluding hydrogens is 246 g/mol. The van der Waals surface area contributed by atoms with Gasteiger partial charge in [0, 0.05) is 6.07 Å². The third-order valence-corrected chi connectivity index (χ3v) is 3.62. The van der Waals surface area contributed by atoms with Crippen LogP contribution in [-0.4, -0.2) is 36.8 Å². The molecule has 0 aromatic carbocycles. The first-order valence-electron chi connectivity index (χ1n) is 6.39. The number of rotatable bonds is 5. The maximum Gasteiger partial charge on any atom is 0.349 e. The van der Waals surface area contributed by atoms with Gasteiger partial charge in [0.1, 0.15) is 11.6 Å². The van der Waals surface area contributed by atoms with Gasteiger partial charge in [-0.3, -0.25) is 0 Å². The van der Waals surface area contributed by atoms with Crippen molar-refractivity contribution in [3.8, 4) is 0 Å². The van der Waals surface area contributed by atoms with Crippen LogP contribution in [-0.2, 0) is 0 Å². The molecular formula is C12H19N5O2. The number of aliphatic hydroxyl groups is 1. The fraction of sp³-hybridized carbons (Fsp3) is 0.583. The fourth-order valence-corrected chi connectivity index (χ4v) is 2.12. The lowest BCUT2D eigenvalue weighted by atomic mass is 9.94. The van der Waals surface area contributed by atoms with Crippen molar-refractivity contribution in [2.24, 2.45) is 0 Å². The summed E-state index contributed by atoms with van der Waals surface area (Å²) in [5.74, 6) is 1.17. The molecule has 0 aliphatic rings. The van der Waals surface area contributed by atoms with Gasteiger partial charge < -0.3 is 10.4 Å². The predicted molar refractivity (Wildman–Crippen MR) is 72.4 cm³/mol. The minimum atomic E-state index is -0.394. The highest BCUT2D eigenvalue weighted by molar-refractivity contribution is 5.51. The van der Waals surface area contributed by atoms with Crippen molar-refractivity contribution < 1.29 is 5.11 Å². The van der Waals surface area contributed by atoms with Crippen molar-refractivity contribution in [3.63, 3.8) is 0 Å². The maximum atomic E-state index is 11.5. The fourth-order valence-electron chi connectivity index (χ4n) is 2.12. The summed E-state index contributed by atoms with van der Waals surface area (Å²) in [5.41, 5.74) is -0.181. The smallest absolute Gasteiger partial charge is 0.349 e. The number of aromatic nitrogens is 4. The Hall–Kier alpha value is -1.89. The van der Waals surface area contributed by atoms with Crippen LogP contribution in [0.3, 0.4) is 0 Å². The lowest BCUT2D eigenvalue weighted by Gasteiger charge is -2.31. The minimum absolute atomic E-state index is 0.0271. The number of aromatic amines is 1. The number of nitrogens with one attached hydrogen (secondary N) is 2. The van der Waals surface area contributed by atoms with Gasteiger partial charge in [-0.05, 0) is 19.8 Å². The van der Waals surface area contributed by atoms with Crippen LogP contribution in [0.5, 0.6) is 0 Å². The second kappa shape index (κ2) is 5.00. The Kier molecular flexibility index (Phi) is 3.57. The summed E-state index contributed by atoms with van der Waals surface area (Å²) >= 11 is 0. The minimum Gasteiger partial charge on any atom is -0.394 e. The van der Waals surface area contributed by atoms with Gasteiger partial charge in [-0.15, -0.1) is 0 Å². The molecule has 2 heterocycles. The molecule has 0 unspecified atom stereocenters. The van der Waals surface area contributed by atoms with E-state index in [2.05, 4.69) is 20.5 Å². The lowest BCUT2D eigenvalue weighted by molar-refractivity contribution is 0.202. The van der Waals surface area contributed by atoms with E-state index in [4.69, 9.17) is 0 Å². The lowest BCUT2D eigenvalue weighted by Crippen LogP contribution is -2.41. The van der Waals surface area contributed by atoms with Gasteiger partial charge in [-0.2, -0.15) is 5.10 Å². The summed E-state index contributed by atoms with van der Waals surface area (Å²) in [5, 5.41) is 19.1. The van der Waals surface area contributed by atoms with Gasteiger partial charge in [0.2, 0.25) is 0 Å². The van der Waals surface area contributed by atoms with E-state index in [-0.39, 0.29) is 12.3 Å². The van der Waals surface area contributed by atoms with Crippen LogP contribution in [0.1, 0.15) is 32.5 Å². The number of aliphatic hydroxyl groups excluding tert-OH is 1. The normalized spacial score (nSPS) is 12.0. The van der Waals surface area contributed by atoms with Crippen molar-refractivity contribution in [3.05, 3.63) is 22.4 Å². The Bertz CT molecular complexity index is 618. The number of hydrogen-bond acceptors (Lipinski definition) is 5. The first-order valence-corrected chi connectivity index (χ1v) is 6.39. The summed E-state index contributed by atoms with van der Waals surface area (Å²) in [6.07, 6.45) is 1.55. The van der Waals surface area contributed by atoms with Crippen molar-refractivity contribution in [2.75, 3.05) is 11.9 Å². The molecule has 0 aliphatic heterocycles. The first-order chi connectivity index (χ1) is 9.05. The van der Waals surface area contributed by atoms with Crippen LogP contribution in [0.2, 0.25) is 0 Å². The van der Waals surface area contributed by atoms with E-state index < -0.39 is 5.54 Å². The van der Waals surface area contributed by atoms with Gasteiger partial charge in [0.05, 0.1) is 12.1 Å².